The number of likely N-dealkylation sites (tertiary alicyclic amines) is 1. The van der Waals surface area contributed by atoms with Crippen LogP contribution in [0.2, 0.25) is 0 Å². The number of amides is 2. The van der Waals surface area contributed by atoms with Crippen LogP contribution in [0.5, 0.6) is 5.75 Å². The summed E-state index contributed by atoms with van der Waals surface area (Å²) < 4.78 is 6.10. The lowest BCUT2D eigenvalue weighted by Gasteiger charge is -2.44. The summed E-state index contributed by atoms with van der Waals surface area (Å²) in [4.78, 5) is 30.3. The topological polar surface area (TPSA) is 53.1 Å². The van der Waals surface area contributed by atoms with Gasteiger partial charge in [-0.25, -0.2) is 0 Å². The molecule has 0 bridgehead atoms. The van der Waals surface area contributed by atoms with Crippen molar-refractivity contribution in [2.45, 2.75) is 51.2 Å². The maximum Gasteiger partial charge on any atom is 0.253 e. The third kappa shape index (κ3) is 4.32. The number of rotatable bonds is 4. The highest BCUT2D eigenvalue weighted by Crippen LogP contribution is 2.31. The van der Waals surface area contributed by atoms with Crippen molar-refractivity contribution in [1.82, 2.24) is 14.7 Å². The van der Waals surface area contributed by atoms with E-state index in [2.05, 4.69) is 4.90 Å². The second-order valence-electron chi connectivity index (χ2n) is 8.28. The molecule has 3 fully saturated rings. The van der Waals surface area contributed by atoms with Crippen LogP contribution in [-0.4, -0.2) is 77.9 Å². The summed E-state index contributed by atoms with van der Waals surface area (Å²) in [5.41, 5.74) is 0.684. The summed E-state index contributed by atoms with van der Waals surface area (Å²) >= 11 is 0. The molecule has 0 radical (unpaired) electrons. The fourth-order valence-corrected chi connectivity index (χ4v) is 4.49. The molecule has 2 heterocycles. The largest absolute Gasteiger partial charge is 0.490 e. The van der Waals surface area contributed by atoms with Crippen molar-refractivity contribution in [2.75, 3.05) is 39.3 Å². The monoisotopic (exact) mass is 385 g/mol. The second kappa shape index (κ2) is 8.52. The van der Waals surface area contributed by atoms with Crippen LogP contribution < -0.4 is 4.74 Å². The van der Waals surface area contributed by atoms with Crippen LogP contribution in [0.15, 0.2) is 24.3 Å². The van der Waals surface area contributed by atoms with E-state index in [1.54, 1.807) is 11.8 Å². The molecule has 0 aromatic heterocycles. The SMILES string of the molecule is CC(=O)N1CCN(C(=O)c2ccc(OC3CC(N4CCCCC4)C3)cc2)CC1. The second-order valence-corrected chi connectivity index (χ2v) is 8.28. The Balaban J connectivity index is 1.24. The molecule has 6 heteroatoms. The Morgan fingerprint density at radius 3 is 2.07 bits per heavy atom. The smallest absolute Gasteiger partial charge is 0.253 e. The number of benzene rings is 1. The number of piperidine rings is 1. The molecule has 152 valence electrons. The molecule has 1 aromatic carbocycles. The molecule has 6 nitrogen and oxygen atoms in total. The van der Waals surface area contributed by atoms with Crippen LogP contribution in [0.4, 0.5) is 0 Å². The molecule has 0 unspecified atom stereocenters. The van der Waals surface area contributed by atoms with Gasteiger partial charge in [0.2, 0.25) is 5.91 Å². The number of carbonyl (C=O) groups excluding carboxylic acids is 2. The van der Waals surface area contributed by atoms with Crippen LogP contribution in [0.1, 0.15) is 49.4 Å². The first-order chi connectivity index (χ1) is 13.6. The van der Waals surface area contributed by atoms with Gasteiger partial charge in [-0.2, -0.15) is 0 Å². The van der Waals surface area contributed by atoms with Gasteiger partial charge in [0, 0.05) is 57.5 Å². The minimum absolute atomic E-state index is 0.0311. The predicted octanol–water partition coefficient (Wildman–Crippen LogP) is 2.39. The summed E-state index contributed by atoms with van der Waals surface area (Å²) in [5.74, 6) is 0.954. The van der Waals surface area contributed by atoms with Crippen LogP contribution >= 0.6 is 0 Å². The Morgan fingerprint density at radius 1 is 0.857 bits per heavy atom. The van der Waals surface area contributed by atoms with Crippen molar-refractivity contribution in [3.8, 4) is 5.75 Å². The number of ether oxygens (including phenoxy) is 1. The number of hydrogen-bond acceptors (Lipinski definition) is 4. The quantitative estimate of drug-likeness (QED) is 0.799. The summed E-state index contributed by atoms with van der Waals surface area (Å²) in [6, 6.07) is 8.23. The van der Waals surface area contributed by atoms with Crippen molar-refractivity contribution in [3.05, 3.63) is 29.8 Å². The van der Waals surface area contributed by atoms with E-state index in [1.165, 1.54) is 32.4 Å². The molecule has 2 aliphatic heterocycles. The molecular weight excluding hydrogens is 354 g/mol. The zero-order chi connectivity index (χ0) is 19.5. The lowest BCUT2D eigenvalue weighted by molar-refractivity contribution is -0.130. The van der Waals surface area contributed by atoms with Gasteiger partial charge in [-0.05, 0) is 50.2 Å². The molecule has 0 N–H and O–H groups in total. The van der Waals surface area contributed by atoms with Gasteiger partial charge < -0.3 is 19.4 Å². The fourth-order valence-electron chi connectivity index (χ4n) is 4.49. The minimum Gasteiger partial charge on any atom is -0.490 e. The van der Waals surface area contributed by atoms with E-state index in [4.69, 9.17) is 4.74 Å². The van der Waals surface area contributed by atoms with Crippen molar-refractivity contribution < 1.29 is 14.3 Å². The van der Waals surface area contributed by atoms with Crippen LogP contribution in [-0.2, 0) is 4.79 Å². The van der Waals surface area contributed by atoms with Crippen molar-refractivity contribution in [2.24, 2.45) is 0 Å². The first kappa shape index (κ1) is 19.2. The number of piperazine rings is 1. The molecule has 28 heavy (non-hydrogen) atoms. The fraction of sp³-hybridized carbons (Fsp3) is 0.636. The predicted molar refractivity (Wildman–Crippen MR) is 107 cm³/mol. The third-order valence-electron chi connectivity index (χ3n) is 6.39. The van der Waals surface area contributed by atoms with E-state index in [9.17, 15) is 9.59 Å². The number of hydrogen-bond donors (Lipinski definition) is 0. The average molecular weight is 386 g/mol. The zero-order valence-electron chi connectivity index (χ0n) is 16.8. The summed E-state index contributed by atoms with van der Waals surface area (Å²) in [5, 5.41) is 0. The molecule has 0 spiro atoms. The molecule has 1 saturated carbocycles. The normalized spacial score (nSPS) is 25.9. The first-order valence-electron chi connectivity index (χ1n) is 10.7. The van der Waals surface area contributed by atoms with Gasteiger partial charge in [-0.15, -0.1) is 0 Å². The van der Waals surface area contributed by atoms with Gasteiger partial charge in [0.15, 0.2) is 0 Å². The van der Waals surface area contributed by atoms with Crippen LogP contribution in [0.3, 0.4) is 0 Å². The molecule has 1 aliphatic carbocycles. The Kier molecular flexibility index (Phi) is 5.85. The Hall–Kier alpha value is -2.08. The van der Waals surface area contributed by atoms with E-state index in [1.807, 2.05) is 29.2 Å². The maximum absolute atomic E-state index is 12.7. The standard InChI is InChI=1S/C22H31N3O3/c1-17(26)23-11-13-25(14-12-23)22(27)18-5-7-20(8-6-18)28-21-15-19(16-21)24-9-3-2-4-10-24/h5-8,19,21H,2-4,9-16H2,1H3. The first-order valence-corrected chi connectivity index (χ1v) is 10.7. The van der Waals surface area contributed by atoms with Crippen molar-refractivity contribution in [1.29, 1.82) is 0 Å². The Bertz CT molecular complexity index is 685. The zero-order valence-corrected chi connectivity index (χ0v) is 16.8. The molecule has 4 rings (SSSR count). The average Bonchev–Trinajstić information content (AvgIpc) is 2.71. The van der Waals surface area contributed by atoms with Gasteiger partial charge in [0.05, 0.1) is 0 Å². The molecule has 2 saturated heterocycles. The van der Waals surface area contributed by atoms with E-state index >= 15 is 0 Å². The number of carbonyl (C=O) groups is 2. The van der Waals surface area contributed by atoms with Crippen molar-refractivity contribution in [3.63, 3.8) is 0 Å². The molecule has 1 aromatic rings. The lowest BCUT2D eigenvalue weighted by Crippen LogP contribution is -2.50. The van der Waals surface area contributed by atoms with Crippen LogP contribution in [0.25, 0.3) is 0 Å². The van der Waals surface area contributed by atoms with Gasteiger partial charge in [0.25, 0.3) is 5.91 Å². The van der Waals surface area contributed by atoms with E-state index in [0.717, 1.165) is 18.6 Å². The lowest BCUT2D eigenvalue weighted by atomic mass is 9.86. The molecular formula is C22H31N3O3. The van der Waals surface area contributed by atoms with E-state index in [0.29, 0.717) is 43.9 Å². The highest BCUT2D eigenvalue weighted by atomic mass is 16.5. The Morgan fingerprint density at radius 2 is 1.46 bits per heavy atom. The van der Waals surface area contributed by atoms with Crippen LogP contribution in [0, 0.1) is 0 Å². The van der Waals surface area contributed by atoms with E-state index in [-0.39, 0.29) is 11.8 Å². The van der Waals surface area contributed by atoms with E-state index < -0.39 is 0 Å². The van der Waals surface area contributed by atoms with Gasteiger partial charge in [-0.1, -0.05) is 6.42 Å². The highest BCUT2D eigenvalue weighted by molar-refractivity contribution is 5.94. The summed E-state index contributed by atoms with van der Waals surface area (Å²) in [6.45, 7) is 6.48. The highest BCUT2D eigenvalue weighted by Gasteiger charge is 2.35. The van der Waals surface area contributed by atoms with Gasteiger partial charge in [-0.3, -0.25) is 9.59 Å². The summed E-state index contributed by atoms with van der Waals surface area (Å²) in [7, 11) is 0. The minimum atomic E-state index is 0.0311. The van der Waals surface area contributed by atoms with Gasteiger partial charge in [0.1, 0.15) is 11.9 Å². The molecule has 2 amide bonds. The summed E-state index contributed by atoms with van der Waals surface area (Å²) in [6.07, 6.45) is 6.57. The number of nitrogens with zero attached hydrogens (tertiary/aromatic N) is 3. The maximum atomic E-state index is 12.7. The van der Waals surface area contributed by atoms with Crippen molar-refractivity contribution >= 4 is 11.8 Å². The third-order valence-corrected chi connectivity index (χ3v) is 6.39. The molecule has 0 atom stereocenters. The molecule has 3 aliphatic rings. The Labute approximate surface area is 167 Å². The van der Waals surface area contributed by atoms with Gasteiger partial charge >= 0.3 is 0 Å².